The number of hydrogen-bond donors (Lipinski definition) is 1. The molecule has 5 heteroatoms. The largest absolute Gasteiger partial charge is 0.370 e. The minimum Gasteiger partial charge on any atom is -0.370 e. The Labute approximate surface area is 96.5 Å². The zero-order chi connectivity index (χ0) is 12.1. The average Bonchev–Trinajstić information content (AvgIpc) is 2.24. The minimum atomic E-state index is -0.111. The van der Waals surface area contributed by atoms with Gasteiger partial charge < -0.3 is 10.5 Å². The molecular weight excluding hydrogens is 204 g/mol. The van der Waals surface area contributed by atoms with Crippen molar-refractivity contribution >= 4 is 5.95 Å². The molecule has 1 atom stereocenters. The SMILES string of the molecule is CCOC(c1nc(N)nc(CC)n1)C(C)C. The highest BCUT2D eigenvalue weighted by atomic mass is 16.5. The van der Waals surface area contributed by atoms with Crippen LogP contribution < -0.4 is 5.73 Å². The monoisotopic (exact) mass is 224 g/mol. The summed E-state index contributed by atoms with van der Waals surface area (Å²) in [6.07, 6.45) is 0.636. The Balaban J connectivity index is 3.03. The van der Waals surface area contributed by atoms with Crippen molar-refractivity contribution in [3.63, 3.8) is 0 Å². The van der Waals surface area contributed by atoms with Crippen molar-refractivity contribution in [1.29, 1.82) is 0 Å². The summed E-state index contributed by atoms with van der Waals surface area (Å²) in [5, 5.41) is 0. The van der Waals surface area contributed by atoms with Gasteiger partial charge in [0, 0.05) is 13.0 Å². The highest BCUT2D eigenvalue weighted by Crippen LogP contribution is 2.23. The Hall–Kier alpha value is -1.23. The molecule has 0 saturated carbocycles. The summed E-state index contributed by atoms with van der Waals surface area (Å²) in [6.45, 7) is 8.73. The number of ether oxygens (including phenoxy) is 1. The molecule has 0 aliphatic heterocycles. The molecule has 0 aliphatic carbocycles. The molecule has 5 nitrogen and oxygen atoms in total. The molecule has 2 N–H and O–H groups in total. The van der Waals surface area contributed by atoms with Crippen LogP contribution in [-0.2, 0) is 11.2 Å². The first-order chi connectivity index (χ1) is 7.58. The van der Waals surface area contributed by atoms with Crippen LogP contribution >= 0.6 is 0 Å². The van der Waals surface area contributed by atoms with Gasteiger partial charge in [0.1, 0.15) is 11.9 Å². The maximum Gasteiger partial charge on any atom is 0.223 e. The van der Waals surface area contributed by atoms with Crippen LogP contribution in [0, 0.1) is 5.92 Å². The molecule has 0 radical (unpaired) electrons. The van der Waals surface area contributed by atoms with Crippen molar-refractivity contribution in [1.82, 2.24) is 15.0 Å². The molecule has 0 aromatic carbocycles. The smallest absolute Gasteiger partial charge is 0.223 e. The molecule has 16 heavy (non-hydrogen) atoms. The third kappa shape index (κ3) is 3.13. The number of anilines is 1. The molecule has 1 heterocycles. The Bertz CT molecular complexity index is 341. The van der Waals surface area contributed by atoms with Crippen LogP contribution in [0.4, 0.5) is 5.95 Å². The summed E-state index contributed by atoms with van der Waals surface area (Å²) in [6, 6.07) is 0. The summed E-state index contributed by atoms with van der Waals surface area (Å²) in [4.78, 5) is 12.6. The van der Waals surface area contributed by atoms with Crippen molar-refractivity contribution in [3.05, 3.63) is 11.6 Å². The lowest BCUT2D eigenvalue weighted by Gasteiger charge is -2.19. The van der Waals surface area contributed by atoms with Gasteiger partial charge in [-0.3, -0.25) is 0 Å². The molecule has 1 aromatic rings. The average molecular weight is 224 g/mol. The molecule has 0 aliphatic rings. The van der Waals surface area contributed by atoms with E-state index in [-0.39, 0.29) is 12.1 Å². The third-order valence-corrected chi connectivity index (χ3v) is 2.24. The van der Waals surface area contributed by atoms with E-state index in [4.69, 9.17) is 10.5 Å². The van der Waals surface area contributed by atoms with Gasteiger partial charge in [0.05, 0.1) is 0 Å². The van der Waals surface area contributed by atoms with Crippen molar-refractivity contribution in [3.8, 4) is 0 Å². The van der Waals surface area contributed by atoms with E-state index in [9.17, 15) is 0 Å². The summed E-state index contributed by atoms with van der Waals surface area (Å²) >= 11 is 0. The zero-order valence-corrected chi connectivity index (χ0v) is 10.4. The molecule has 1 unspecified atom stereocenters. The number of aryl methyl sites for hydroxylation is 1. The van der Waals surface area contributed by atoms with Crippen LogP contribution in [0.2, 0.25) is 0 Å². The Morgan fingerprint density at radius 1 is 1.19 bits per heavy atom. The third-order valence-electron chi connectivity index (χ3n) is 2.24. The number of aromatic nitrogens is 3. The number of nitrogens with two attached hydrogens (primary N) is 1. The molecule has 1 aromatic heterocycles. The van der Waals surface area contributed by atoms with Gasteiger partial charge in [-0.1, -0.05) is 20.8 Å². The van der Waals surface area contributed by atoms with Crippen LogP contribution in [0.25, 0.3) is 0 Å². The van der Waals surface area contributed by atoms with E-state index in [1.54, 1.807) is 0 Å². The fourth-order valence-corrected chi connectivity index (χ4v) is 1.49. The lowest BCUT2D eigenvalue weighted by atomic mass is 10.1. The van der Waals surface area contributed by atoms with Gasteiger partial charge in [-0.25, -0.2) is 4.98 Å². The summed E-state index contributed by atoms with van der Waals surface area (Å²) in [5.41, 5.74) is 5.65. The topological polar surface area (TPSA) is 73.9 Å². The predicted octanol–water partition coefficient (Wildman–Crippen LogP) is 1.75. The second-order valence-corrected chi connectivity index (χ2v) is 3.94. The van der Waals surface area contributed by atoms with E-state index in [1.165, 1.54) is 0 Å². The first-order valence-electron chi connectivity index (χ1n) is 5.70. The van der Waals surface area contributed by atoms with Gasteiger partial charge in [0.15, 0.2) is 5.82 Å². The number of rotatable bonds is 5. The van der Waals surface area contributed by atoms with E-state index in [0.717, 1.165) is 6.42 Å². The maximum absolute atomic E-state index is 5.65. The maximum atomic E-state index is 5.65. The number of nitrogens with zero attached hydrogens (tertiary/aromatic N) is 3. The lowest BCUT2D eigenvalue weighted by molar-refractivity contribution is 0.0230. The van der Waals surface area contributed by atoms with Gasteiger partial charge in [-0.2, -0.15) is 9.97 Å². The van der Waals surface area contributed by atoms with Gasteiger partial charge in [0.25, 0.3) is 0 Å². The molecular formula is C11H20N4O. The summed E-state index contributed by atoms with van der Waals surface area (Å²) in [7, 11) is 0. The molecule has 0 bridgehead atoms. The number of hydrogen-bond acceptors (Lipinski definition) is 5. The normalized spacial score (nSPS) is 13.1. The molecule has 0 spiro atoms. The Morgan fingerprint density at radius 3 is 2.38 bits per heavy atom. The van der Waals surface area contributed by atoms with E-state index in [1.807, 2.05) is 13.8 Å². The fraction of sp³-hybridized carbons (Fsp3) is 0.727. The van der Waals surface area contributed by atoms with Crippen LogP contribution in [-0.4, -0.2) is 21.6 Å². The van der Waals surface area contributed by atoms with Crippen molar-refractivity contribution in [2.24, 2.45) is 5.92 Å². The molecule has 0 fully saturated rings. The first kappa shape index (κ1) is 12.8. The van der Waals surface area contributed by atoms with E-state index in [0.29, 0.717) is 24.2 Å². The van der Waals surface area contributed by atoms with E-state index in [2.05, 4.69) is 28.8 Å². The second kappa shape index (κ2) is 5.75. The Morgan fingerprint density at radius 2 is 1.88 bits per heavy atom. The highest BCUT2D eigenvalue weighted by Gasteiger charge is 2.20. The standard InChI is InChI=1S/C11H20N4O/c1-5-8-13-10(15-11(12)14-8)9(7(3)4)16-6-2/h7,9H,5-6H2,1-4H3,(H2,12,13,14,15). The molecule has 0 amide bonds. The lowest BCUT2D eigenvalue weighted by Crippen LogP contribution is -2.17. The van der Waals surface area contributed by atoms with Crippen molar-refractivity contribution < 1.29 is 4.74 Å². The molecule has 1 rings (SSSR count). The quantitative estimate of drug-likeness (QED) is 0.824. The van der Waals surface area contributed by atoms with Crippen LogP contribution in [0.1, 0.15) is 45.4 Å². The van der Waals surface area contributed by atoms with E-state index >= 15 is 0 Å². The van der Waals surface area contributed by atoms with Gasteiger partial charge >= 0.3 is 0 Å². The van der Waals surface area contributed by atoms with Gasteiger partial charge in [-0.15, -0.1) is 0 Å². The predicted molar refractivity (Wildman–Crippen MR) is 62.8 cm³/mol. The molecule has 90 valence electrons. The fourth-order valence-electron chi connectivity index (χ4n) is 1.49. The van der Waals surface area contributed by atoms with Gasteiger partial charge in [0.2, 0.25) is 5.95 Å². The van der Waals surface area contributed by atoms with Crippen LogP contribution in [0.15, 0.2) is 0 Å². The first-order valence-corrected chi connectivity index (χ1v) is 5.70. The van der Waals surface area contributed by atoms with Crippen molar-refractivity contribution in [2.45, 2.75) is 40.2 Å². The second-order valence-electron chi connectivity index (χ2n) is 3.94. The Kier molecular flexibility index (Phi) is 4.61. The zero-order valence-electron chi connectivity index (χ0n) is 10.4. The van der Waals surface area contributed by atoms with Gasteiger partial charge in [-0.05, 0) is 12.8 Å². The number of nitrogen functional groups attached to an aromatic ring is 1. The molecule has 0 saturated heterocycles. The highest BCUT2D eigenvalue weighted by molar-refractivity contribution is 5.17. The van der Waals surface area contributed by atoms with Crippen LogP contribution in [0.3, 0.4) is 0 Å². The minimum absolute atomic E-state index is 0.111. The summed E-state index contributed by atoms with van der Waals surface area (Å²) < 4.78 is 5.64. The van der Waals surface area contributed by atoms with E-state index < -0.39 is 0 Å². The van der Waals surface area contributed by atoms with Crippen molar-refractivity contribution in [2.75, 3.05) is 12.3 Å². The summed E-state index contributed by atoms with van der Waals surface area (Å²) in [5.74, 6) is 1.94. The van der Waals surface area contributed by atoms with Crippen LogP contribution in [0.5, 0.6) is 0 Å².